The Morgan fingerprint density at radius 2 is 2.30 bits per heavy atom. The number of hydrogen-bond donors (Lipinski definition) is 3. The molecule has 1 amide bonds. The minimum absolute atomic E-state index is 0.00471. The van der Waals surface area contributed by atoms with Gasteiger partial charge in [-0.2, -0.15) is 5.21 Å². The lowest BCUT2D eigenvalue weighted by atomic mass is 9.88. The van der Waals surface area contributed by atoms with Crippen molar-refractivity contribution in [3.63, 3.8) is 0 Å². The highest BCUT2D eigenvalue weighted by atomic mass is 16.1. The van der Waals surface area contributed by atoms with Gasteiger partial charge in [0.2, 0.25) is 11.7 Å². The van der Waals surface area contributed by atoms with E-state index >= 15 is 0 Å². The second kappa shape index (κ2) is 5.38. The molecule has 2 heterocycles. The van der Waals surface area contributed by atoms with E-state index < -0.39 is 0 Å². The minimum atomic E-state index is 0.00471. The van der Waals surface area contributed by atoms with Crippen LogP contribution in [0.1, 0.15) is 6.92 Å². The van der Waals surface area contributed by atoms with Gasteiger partial charge in [-0.3, -0.25) is 4.79 Å². The maximum atomic E-state index is 12.2. The van der Waals surface area contributed by atoms with Gasteiger partial charge in [0.1, 0.15) is 0 Å². The average molecular weight is 272 g/mol. The van der Waals surface area contributed by atoms with E-state index in [1.54, 1.807) is 0 Å². The van der Waals surface area contributed by atoms with Crippen molar-refractivity contribution in [3.8, 4) is 11.4 Å². The molecule has 0 spiro atoms. The van der Waals surface area contributed by atoms with Gasteiger partial charge in [0.25, 0.3) is 0 Å². The summed E-state index contributed by atoms with van der Waals surface area (Å²) in [6.45, 7) is 3.79. The van der Waals surface area contributed by atoms with E-state index in [4.69, 9.17) is 0 Å². The zero-order valence-corrected chi connectivity index (χ0v) is 11.1. The molecule has 0 radical (unpaired) electrons. The van der Waals surface area contributed by atoms with Crippen LogP contribution in [-0.4, -0.2) is 39.6 Å². The molecule has 20 heavy (non-hydrogen) atoms. The summed E-state index contributed by atoms with van der Waals surface area (Å²) in [5, 5.41) is 19.9. The van der Waals surface area contributed by atoms with Gasteiger partial charge in [-0.1, -0.05) is 19.1 Å². The Bertz CT molecular complexity index is 593. The first-order valence-electron chi connectivity index (χ1n) is 6.59. The van der Waals surface area contributed by atoms with Crippen molar-refractivity contribution in [1.82, 2.24) is 25.9 Å². The molecule has 3 N–H and O–H groups in total. The SMILES string of the molecule is CC(C(=O)Nc1cccc(-c2nn[nH]n2)c1)C1CNC1. The number of nitrogens with zero attached hydrogens (tertiary/aromatic N) is 3. The molecule has 0 bridgehead atoms. The molecule has 3 rings (SSSR count). The summed E-state index contributed by atoms with van der Waals surface area (Å²) in [5.41, 5.74) is 1.56. The fourth-order valence-corrected chi connectivity index (χ4v) is 2.15. The predicted molar refractivity (Wildman–Crippen MR) is 73.8 cm³/mol. The monoisotopic (exact) mass is 272 g/mol. The highest BCUT2D eigenvalue weighted by Gasteiger charge is 2.28. The Balaban J connectivity index is 1.71. The zero-order chi connectivity index (χ0) is 13.9. The number of benzene rings is 1. The number of carbonyl (C=O) groups excluding carboxylic acids is 1. The number of anilines is 1. The van der Waals surface area contributed by atoms with E-state index in [1.807, 2.05) is 31.2 Å². The van der Waals surface area contributed by atoms with Gasteiger partial charge in [-0.05, 0) is 36.4 Å². The van der Waals surface area contributed by atoms with Crippen LogP contribution in [0.3, 0.4) is 0 Å². The topological polar surface area (TPSA) is 95.6 Å². The highest BCUT2D eigenvalue weighted by Crippen LogP contribution is 2.21. The third-order valence-electron chi connectivity index (χ3n) is 3.67. The van der Waals surface area contributed by atoms with Crippen molar-refractivity contribution in [1.29, 1.82) is 0 Å². The van der Waals surface area contributed by atoms with Gasteiger partial charge in [-0.15, -0.1) is 10.2 Å². The fraction of sp³-hybridized carbons (Fsp3) is 0.385. The molecule has 7 heteroatoms. The smallest absolute Gasteiger partial charge is 0.227 e. The Morgan fingerprint density at radius 3 is 2.95 bits per heavy atom. The van der Waals surface area contributed by atoms with Crippen LogP contribution in [0, 0.1) is 11.8 Å². The van der Waals surface area contributed by atoms with E-state index in [0.29, 0.717) is 11.7 Å². The number of H-pyrrole nitrogens is 1. The average Bonchev–Trinajstić information content (AvgIpc) is 2.90. The van der Waals surface area contributed by atoms with Crippen LogP contribution < -0.4 is 10.6 Å². The molecule has 1 fully saturated rings. The largest absolute Gasteiger partial charge is 0.326 e. The Morgan fingerprint density at radius 1 is 1.45 bits per heavy atom. The van der Waals surface area contributed by atoms with Crippen LogP contribution >= 0.6 is 0 Å². The molecule has 7 nitrogen and oxygen atoms in total. The van der Waals surface area contributed by atoms with Crippen molar-refractivity contribution in [2.24, 2.45) is 11.8 Å². The molecule has 0 saturated carbocycles. The number of rotatable bonds is 4. The quantitative estimate of drug-likeness (QED) is 0.760. The molecule has 104 valence electrons. The van der Waals surface area contributed by atoms with E-state index in [1.165, 1.54) is 0 Å². The van der Waals surface area contributed by atoms with Gasteiger partial charge in [0.15, 0.2) is 0 Å². The summed E-state index contributed by atoms with van der Waals surface area (Å²) >= 11 is 0. The third kappa shape index (κ3) is 2.53. The van der Waals surface area contributed by atoms with E-state index in [0.717, 1.165) is 24.3 Å². The van der Waals surface area contributed by atoms with Crippen LogP contribution in [0.15, 0.2) is 24.3 Å². The maximum Gasteiger partial charge on any atom is 0.227 e. The Hall–Kier alpha value is -2.28. The van der Waals surface area contributed by atoms with Crippen LogP contribution in [-0.2, 0) is 4.79 Å². The number of amides is 1. The number of tetrazole rings is 1. The summed E-state index contributed by atoms with van der Waals surface area (Å²) in [5.74, 6) is 0.986. The summed E-state index contributed by atoms with van der Waals surface area (Å²) in [7, 11) is 0. The molecule has 1 atom stereocenters. The molecule has 1 aliphatic rings. The lowest BCUT2D eigenvalue weighted by Crippen LogP contribution is -2.48. The number of aromatic nitrogens is 4. The second-order valence-corrected chi connectivity index (χ2v) is 5.01. The third-order valence-corrected chi connectivity index (χ3v) is 3.67. The molecular weight excluding hydrogens is 256 g/mol. The van der Waals surface area contributed by atoms with Crippen LogP contribution in [0.5, 0.6) is 0 Å². The molecular formula is C13H16N6O. The van der Waals surface area contributed by atoms with E-state index in [-0.39, 0.29) is 11.8 Å². The Labute approximate surface area is 116 Å². The zero-order valence-electron chi connectivity index (χ0n) is 11.1. The van der Waals surface area contributed by atoms with Gasteiger partial charge in [0, 0.05) is 17.2 Å². The van der Waals surface area contributed by atoms with Gasteiger partial charge < -0.3 is 10.6 Å². The van der Waals surface area contributed by atoms with Crippen LogP contribution in [0.4, 0.5) is 5.69 Å². The minimum Gasteiger partial charge on any atom is -0.326 e. The fourth-order valence-electron chi connectivity index (χ4n) is 2.15. The summed E-state index contributed by atoms with van der Waals surface area (Å²) in [6, 6.07) is 7.43. The molecule has 2 aromatic rings. The van der Waals surface area contributed by atoms with E-state index in [2.05, 4.69) is 31.3 Å². The first-order valence-corrected chi connectivity index (χ1v) is 6.59. The van der Waals surface area contributed by atoms with Crippen molar-refractivity contribution < 1.29 is 4.79 Å². The molecule has 1 aromatic heterocycles. The normalized spacial score (nSPS) is 16.4. The number of carbonyl (C=O) groups is 1. The number of hydrogen-bond acceptors (Lipinski definition) is 5. The van der Waals surface area contributed by atoms with E-state index in [9.17, 15) is 4.79 Å². The molecule has 1 unspecified atom stereocenters. The van der Waals surface area contributed by atoms with Crippen LogP contribution in [0.25, 0.3) is 11.4 Å². The summed E-state index contributed by atoms with van der Waals surface area (Å²) in [4.78, 5) is 12.2. The van der Waals surface area contributed by atoms with Crippen molar-refractivity contribution in [3.05, 3.63) is 24.3 Å². The molecule has 1 saturated heterocycles. The van der Waals surface area contributed by atoms with Crippen molar-refractivity contribution in [2.45, 2.75) is 6.92 Å². The van der Waals surface area contributed by atoms with Crippen molar-refractivity contribution >= 4 is 11.6 Å². The predicted octanol–water partition coefficient (Wildman–Crippen LogP) is 0.661. The first-order chi connectivity index (χ1) is 9.74. The lowest BCUT2D eigenvalue weighted by molar-refractivity contribution is -0.121. The summed E-state index contributed by atoms with van der Waals surface area (Å²) in [6.07, 6.45) is 0. The van der Waals surface area contributed by atoms with Crippen LogP contribution in [0.2, 0.25) is 0 Å². The highest BCUT2D eigenvalue weighted by molar-refractivity contribution is 5.93. The number of aromatic amines is 1. The van der Waals surface area contributed by atoms with Gasteiger partial charge in [0.05, 0.1) is 0 Å². The standard InChI is InChI=1S/C13H16N6O/c1-8(10-6-14-7-10)13(20)15-11-4-2-3-9(5-11)12-16-18-19-17-12/h2-5,8,10,14H,6-7H2,1H3,(H,15,20)(H,16,17,18,19). The van der Waals surface area contributed by atoms with Crippen molar-refractivity contribution in [2.75, 3.05) is 18.4 Å². The second-order valence-electron chi connectivity index (χ2n) is 5.01. The molecule has 0 aliphatic carbocycles. The summed E-state index contributed by atoms with van der Waals surface area (Å²) < 4.78 is 0. The Kier molecular flexibility index (Phi) is 3.42. The molecule has 1 aromatic carbocycles. The molecule has 1 aliphatic heterocycles. The number of nitrogens with one attached hydrogen (secondary N) is 3. The maximum absolute atomic E-state index is 12.2. The van der Waals surface area contributed by atoms with Gasteiger partial charge in [-0.25, -0.2) is 0 Å². The lowest BCUT2D eigenvalue weighted by Gasteiger charge is -2.31. The van der Waals surface area contributed by atoms with Gasteiger partial charge >= 0.3 is 0 Å². The first kappa shape index (κ1) is 12.7.